The van der Waals surface area contributed by atoms with Crippen LogP contribution in [-0.4, -0.2) is 55.0 Å². The minimum absolute atomic E-state index is 0.0131. The van der Waals surface area contributed by atoms with Crippen LogP contribution in [0.25, 0.3) is 0 Å². The summed E-state index contributed by atoms with van der Waals surface area (Å²) < 4.78 is 5.31. The molecule has 4 rings (SSSR count). The first-order valence-corrected chi connectivity index (χ1v) is 11.1. The Balaban J connectivity index is 1.38. The van der Waals surface area contributed by atoms with E-state index in [1.165, 1.54) is 7.11 Å². The molecule has 2 fully saturated rings. The number of hydrogen-bond acceptors (Lipinski definition) is 5. The molecule has 0 unspecified atom stereocenters. The van der Waals surface area contributed by atoms with Gasteiger partial charge in [-0.05, 0) is 56.0 Å². The number of ether oxygens (including phenoxy) is 1. The number of nitrogens with one attached hydrogen (secondary N) is 1. The topological polar surface area (TPSA) is 74.8 Å². The van der Waals surface area contributed by atoms with Gasteiger partial charge in [-0.1, -0.05) is 11.6 Å². The zero-order valence-electron chi connectivity index (χ0n) is 17.6. The molecule has 2 aromatic rings. The molecule has 0 atom stereocenters. The number of rotatable bonds is 5. The van der Waals surface area contributed by atoms with Crippen LogP contribution in [0.15, 0.2) is 36.5 Å². The lowest BCUT2D eigenvalue weighted by molar-refractivity contribution is -0.121. The molecule has 0 radical (unpaired) electrons. The van der Waals surface area contributed by atoms with Crippen LogP contribution in [0.1, 0.15) is 36.0 Å². The van der Waals surface area contributed by atoms with Gasteiger partial charge in [-0.2, -0.15) is 0 Å². The highest BCUT2D eigenvalue weighted by Gasteiger charge is 2.30. The Labute approximate surface area is 187 Å². The van der Waals surface area contributed by atoms with Gasteiger partial charge in [0.05, 0.1) is 18.4 Å². The third kappa shape index (κ3) is 4.77. The summed E-state index contributed by atoms with van der Waals surface area (Å²) in [5.74, 6) is 1.06. The van der Waals surface area contributed by atoms with Gasteiger partial charge in [-0.3, -0.25) is 9.59 Å². The second kappa shape index (κ2) is 9.56. The molecule has 0 saturated carbocycles. The summed E-state index contributed by atoms with van der Waals surface area (Å²) in [6.45, 7) is 2.96. The summed E-state index contributed by atoms with van der Waals surface area (Å²) in [6, 6.07) is 8.77. The maximum absolute atomic E-state index is 13.0. The van der Waals surface area contributed by atoms with E-state index >= 15 is 0 Å². The average Bonchev–Trinajstić information content (AvgIpc) is 3.34. The lowest BCUT2D eigenvalue weighted by atomic mass is 9.95. The van der Waals surface area contributed by atoms with Crippen LogP contribution < -0.4 is 15.0 Å². The molecule has 2 amide bonds. The molecule has 8 heteroatoms. The fourth-order valence-corrected chi connectivity index (χ4v) is 4.44. The highest BCUT2D eigenvalue weighted by atomic mass is 35.5. The largest absolute Gasteiger partial charge is 0.496 e. The van der Waals surface area contributed by atoms with Crippen LogP contribution in [0.3, 0.4) is 0 Å². The predicted octanol–water partition coefficient (Wildman–Crippen LogP) is 3.83. The molecular weight excluding hydrogens is 416 g/mol. The number of amides is 2. The number of likely N-dealkylation sites (tertiary alicyclic amines) is 1. The first-order valence-electron chi connectivity index (χ1n) is 10.7. The number of anilines is 2. The number of halogens is 1. The van der Waals surface area contributed by atoms with Crippen molar-refractivity contribution in [1.82, 2.24) is 9.88 Å². The Bertz CT molecular complexity index is 954. The molecule has 3 heterocycles. The maximum Gasteiger partial charge on any atom is 0.257 e. The van der Waals surface area contributed by atoms with Crippen LogP contribution in [-0.2, 0) is 4.79 Å². The monoisotopic (exact) mass is 442 g/mol. The van der Waals surface area contributed by atoms with Gasteiger partial charge in [0.15, 0.2) is 5.82 Å². The van der Waals surface area contributed by atoms with Crippen molar-refractivity contribution in [1.29, 1.82) is 0 Å². The van der Waals surface area contributed by atoms with E-state index in [0.29, 0.717) is 42.3 Å². The number of carbonyl (C=O) groups is 2. The molecule has 7 nitrogen and oxygen atoms in total. The number of pyridine rings is 1. The molecule has 2 saturated heterocycles. The number of piperidine rings is 1. The molecular formula is C23H27ClN4O3. The zero-order chi connectivity index (χ0) is 21.8. The number of nitrogens with zero attached hydrogens (tertiary/aromatic N) is 3. The Hall–Kier alpha value is -2.80. The van der Waals surface area contributed by atoms with E-state index in [-0.39, 0.29) is 17.7 Å². The first kappa shape index (κ1) is 21.4. The van der Waals surface area contributed by atoms with Gasteiger partial charge in [0.2, 0.25) is 5.91 Å². The van der Waals surface area contributed by atoms with Gasteiger partial charge < -0.3 is 19.9 Å². The van der Waals surface area contributed by atoms with Crippen molar-refractivity contribution < 1.29 is 14.3 Å². The minimum Gasteiger partial charge on any atom is -0.496 e. The van der Waals surface area contributed by atoms with Gasteiger partial charge in [-0.15, -0.1) is 0 Å². The third-order valence-corrected chi connectivity index (χ3v) is 6.23. The van der Waals surface area contributed by atoms with Crippen LogP contribution in [0.2, 0.25) is 5.02 Å². The maximum atomic E-state index is 13.0. The second-order valence-electron chi connectivity index (χ2n) is 7.97. The van der Waals surface area contributed by atoms with Gasteiger partial charge in [0, 0.05) is 43.3 Å². The Morgan fingerprint density at radius 1 is 1.13 bits per heavy atom. The average molecular weight is 443 g/mol. The molecule has 0 bridgehead atoms. The van der Waals surface area contributed by atoms with Crippen LogP contribution in [0, 0.1) is 5.92 Å². The molecule has 31 heavy (non-hydrogen) atoms. The minimum atomic E-state index is -0.142. The van der Waals surface area contributed by atoms with E-state index in [2.05, 4.69) is 15.2 Å². The van der Waals surface area contributed by atoms with Crippen molar-refractivity contribution in [3.05, 3.63) is 47.1 Å². The van der Waals surface area contributed by atoms with E-state index in [9.17, 15) is 9.59 Å². The molecule has 164 valence electrons. The fraction of sp³-hybridized carbons (Fsp3) is 0.435. The molecule has 0 spiro atoms. The first-order chi connectivity index (χ1) is 15.1. The highest BCUT2D eigenvalue weighted by molar-refractivity contribution is 6.31. The van der Waals surface area contributed by atoms with Crippen molar-refractivity contribution in [3.8, 4) is 5.75 Å². The van der Waals surface area contributed by atoms with E-state index in [1.54, 1.807) is 29.3 Å². The van der Waals surface area contributed by atoms with Crippen LogP contribution >= 0.6 is 11.6 Å². The summed E-state index contributed by atoms with van der Waals surface area (Å²) in [5.41, 5.74) is 1.21. The normalized spacial score (nSPS) is 17.0. The zero-order valence-corrected chi connectivity index (χ0v) is 18.4. The number of hydrogen-bond donors (Lipinski definition) is 1. The Morgan fingerprint density at radius 2 is 1.87 bits per heavy atom. The second-order valence-corrected chi connectivity index (χ2v) is 8.41. The van der Waals surface area contributed by atoms with Crippen molar-refractivity contribution in [2.75, 3.05) is 43.5 Å². The number of methoxy groups -OCH3 is 1. The van der Waals surface area contributed by atoms with Gasteiger partial charge in [-0.25, -0.2) is 4.98 Å². The summed E-state index contributed by atoms with van der Waals surface area (Å²) in [5, 5.41) is 3.56. The van der Waals surface area contributed by atoms with E-state index in [1.807, 2.05) is 12.1 Å². The lowest BCUT2D eigenvalue weighted by Crippen LogP contribution is -2.41. The molecule has 1 N–H and O–H groups in total. The van der Waals surface area contributed by atoms with Crippen molar-refractivity contribution in [3.63, 3.8) is 0 Å². The van der Waals surface area contributed by atoms with Gasteiger partial charge in [0.25, 0.3) is 5.91 Å². The van der Waals surface area contributed by atoms with Crippen molar-refractivity contribution in [2.24, 2.45) is 5.92 Å². The summed E-state index contributed by atoms with van der Waals surface area (Å²) in [6.07, 6.45) is 5.28. The number of carbonyl (C=O) groups excluding carboxylic acids is 2. The standard InChI is InChI=1S/C23H27ClN4O3/c1-31-20-7-6-17(24)15-18(20)23(30)28-13-8-16(9-14-28)22(29)26-19-5-4-10-25-21(19)27-11-2-3-12-27/h4-7,10,15-16H,2-3,8-9,11-14H2,1H3,(H,26,29). The SMILES string of the molecule is COc1ccc(Cl)cc1C(=O)N1CCC(C(=O)Nc2cccnc2N2CCCC2)CC1. The molecule has 2 aliphatic rings. The molecule has 1 aromatic carbocycles. The van der Waals surface area contributed by atoms with E-state index in [0.717, 1.165) is 37.4 Å². The molecule has 0 aliphatic carbocycles. The number of aromatic nitrogens is 1. The Kier molecular flexibility index (Phi) is 6.61. The molecule has 2 aliphatic heterocycles. The van der Waals surface area contributed by atoms with Crippen molar-refractivity contribution >= 4 is 34.9 Å². The summed E-state index contributed by atoms with van der Waals surface area (Å²) in [4.78, 5) is 34.4. The van der Waals surface area contributed by atoms with Crippen LogP contribution in [0.5, 0.6) is 5.75 Å². The van der Waals surface area contributed by atoms with E-state index < -0.39 is 0 Å². The van der Waals surface area contributed by atoms with Crippen LogP contribution in [0.4, 0.5) is 11.5 Å². The third-order valence-electron chi connectivity index (χ3n) is 6.00. The summed E-state index contributed by atoms with van der Waals surface area (Å²) in [7, 11) is 1.53. The summed E-state index contributed by atoms with van der Waals surface area (Å²) >= 11 is 6.07. The predicted molar refractivity (Wildman–Crippen MR) is 121 cm³/mol. The fourth-order valence-electron chi connectivity index (χ4n) is 4.27. The van der Waals surface area contributed by atoms with Gasteiger partial charge in [0.1, 0.15) is 5.75 Å². The lowest BCUT2D eigenvalue weighted by Gasteiger charge is -2.32. The van der Waals surface area contributed by atoms with E-state index in [4.69, 9.17) is 16.3 Å². The van der Waals surface area contributed by atoms with Crippen molar-refractivity contribution in [2.45, 2.75) is 25.7 Å². The molecule has 1 aromatic heterocycles. The quantitative estimate of drug-likeness (QED) is 0.761. The number of benzene rings is 1. The Morgan fingerprint density at radius 3 is 2.58 bits per heavy atom. The van der Waals surface area contributed by atoms with Gasteiger partial charge >= 0.3 is 0 Å². The smallest absolute Gasteiger partial charge is 0.257 e. The highest BCUT2D eigenvalue weighted by Crippen LogP contribution is 2.29.